The van der Waals surface area contributed by atoms with E-state index in [2.05, 4.69) is 10.3 Å². The van der Waals surface area contributed by atoms with Crippen LogP contribution in [-0.4, -0.2) is 62.2 Å². The normalized spacial score (nSPS) is 17.0. The number of carbonyl (C=O) groups excluding carboxylic acids is 1. The fraction of sp³-hybridized carbons (Fsp3) is 0.667. The molecular formula is C12H19N3O4S2. The van der Waals surface area contributed by atoms with E-state index in [1.807, 2.05) is 0 Å². The zero-order chi connectivity index (χ0) is 15.3. The highest BCUT2D eigenvalue weighted by Gasteiger charge is 2.28. The van der Waals surface area contributed by atoms with E-state index in [1.54, 1.807) is 10.9 Å². The van der Waals surface area contributed by atoms with Crippen LogP contribution in [0.4, 0.5) is 0 Å². The lowest BCUT2D eigenvalue weighted by molar-refractivity contribution is 0.0585. The molecule has 21 heavy (non-hydrogen) atoms. The summed E-state index contributed by atoms with van der Waals surface area (Å²) in [6.07, 6.45) is 2.57. The van der Waals surface area contributed by atoms with Crippen molar-refractivity contribution < 1.29 is 17.9 Å². The molecule has 1 aliphatic rings. The minimum atomic E-state index is -3.30. The first-order chi connectivity index (χ1) is 9.98. The summed E-state index contributed by atoms with van der Waals surface area (Å²) in [6, 6.07) is -0.0510. The number of ether oxygens (including phenoxy) is 1. The number of aromatic nitrogens is 1. The molecule has 1 amide bonds. The van der Waals surface area contributed by atoms with E-state index in [0.29, 0.717) is 31.7 Å². The largest absolute Gasteiger partial charge is 0.381 e. The molecule has 0 saturated carbocycles. The van der Waals surface area contributed by atoms with Gasteiger partial charge in [-0.05, 0) is 12.8 Å². The van der Waals surface area contributed by atoms with Crippen LogP contribution in [0.2, 0.25) is 0 Å². The minimum absolute atomic E-state index is 0.0510. The van der Waals surface area contributed by atoms with Gasteiger partial charge in [-0.3, -0.25) is 4.79 Å². The smallest absolute Gasteiger partial charge is 0.270 e. The standard InChI is InChI=1S/C12H19N3O4S2/c1-21(17,18)15(10-2-6-19-7-3-10)5-4-13-12(16)11-8-20-9-14-11/h8-10H,2-7H2,1H3,(H,13,16). The molecule has 1 saturated heterocycles. The second-order valence-electron chi connectivity index (χ2n) is 4.85. The van der Waals surface area contributed by atoms with E-state index in [0.717, 1.165) is 0 Å². The lowest BCUT2D eigenvalue weighted by Crippen LogP contribution is -2.46. The Morgan fingerprint density at radius 3 is 2.81 bits per heavy atom. The van der Waals surface area contributed by atoms with E-state index in [-0.39, 0.29) is 25.0 Å². The van der Waals surface area contributed by atoms with Crippen LogP contribution < -0.4 is 5.32 Å². The quantitative estimate of drug-likeness (QED) is 0.809. The third kappa shape index (κ3) is 4.73. The van der Waals surface area contributed by atoms with Crippen molar-refractivity contribution >= 4 is 27.3 Å². The molecule has 1 N–H and O–H groups in total. The van der Waals surface area contributed by atoms with E-state index in [1.165, 1.54) is 21.9 Å². The van der Waals surface area contributed by atoms with Gasteiger partial charge in [-0.1, -0.05) is 0 Å². The monoisotopic (exact) mass is 333 g/mol. The van der Waals surface area contributed by atoms with Crippen LogP contribution in [-0.2, 0) is 14.8 Å². The number of sulfonamides is 1. The Kier molecular flexibility index (Phi) is 5.68. The number of nitrogens with one attached hydrogen (secondary N) is 1. The Labute approximate surface area is 128 Å². The van der Waals surface area contributed by atoms with Gasteiger partial charge >= 0.3 is 0 Å². The summed E-state index contributed by atoms with van der Waals surface area (Å²) in [5.41, 5.74) is 1.94. The van der Waals surface area contributed by atoms with Crippen LogP contribution in [0.5, 0.6) is 0 Å². The van der Waals surface area contributed by atoms with Crippen molar-refractivity contribution in [3.8, 4) is 0 Å². The van der Waals surface area contributed by atoms with Gasteiger partial charge in [-0.25, -0.2) is 13.4 Å². The van der Waals surface area contributed by atoms with Crippen molar-refractivity contribution in [2.24, 2.45) is 0 Å². The van der Waals surface area contributed by atoms with Crippen molar-refractivity contribution in [3.63, 3.8) is 0 Å². The summed E-state index contributed by atoms with van der Waals surface area (Å²) in [5.74, 6) is -0.281. The molecule has 0 unspecified atom stereocenters. The minimum Gasteiger partial charge on any atom is -0.381 e. The van der Waals surface area contributed by atoms with Gasteiger partial charge in [-0.15, -0.1) is 11.3 Å². The number of hydrogen-bond acceptors (Lipinski definition) is 6. The Bertz CT molecular complexity index is 553. The van der Waals surface area contributed by atoms with E-state index in [9.17, 15) is 13.2 Å². The summed E-state index contributed by atoms with van der Waals surface area (Å²) in [7, 11) is -3.30. The number of hydrogen-bond donors (Lipinski definition) is 1. The van der Waals surface area contributed by atoms with Gasteiger partial charge in [0.15, 0.2) is 0 Å². The second kappa shape index (κ2) is 7.30. The fourth-order valence-electron chi connectivity index (χ4n) is 2.29. The van der Waals surface area contributed by atoms with Gasteiger partial charge in [0.05, 0.1) is 11.8 Å². The number of carbonyl (C=O) groups is 1. The zero-order valence-corrected chi connectivity index (χ0v) is 13.5. The van der Waals surface area contributed by atoms with Gasteiger partial charge < -0.3 is 10.1 Å². The van der Waals surface area contributed by atoms with Crippen molar-refractivity contribution in [1.29, 1.82) is 0 Å². The van der Waals surface area contributed by atoms with Crippen LogP contribution in [0.3, 0.4) is 0 Å². The summed E-state index contributed by atoms with van der Waals surface area (Å²) < 4.78 is 30.5. The molecule has 0 aliphatic carbocycles. The lowest BCUT2D eigenvalue weighted by atomic mass is 10.1. The van der Waals surface area contributed by atoms with Gasteiger partial charge in [0.2, 0.25) is 10.0 Å². The first-order valence-corrected chi connectivity index (χ1v) is 9.48. The zero-order valence-electron chi connectivity index (χ0n) is 11.8. The van der Waals surface area contributed by atoms with Crippen molar-refractivity contribution in [3.05, 3.63) is 16.6 Å². The average molecular weight is 333 g/mol. The molecule has 0 atom stereocenters. The molecule has 0 aromatic carbocycles. The number of nitrogens with zero attached hydrogens (tertiary/aromatic N) is 2. The van der Waals surface area contributed by atoms with E-state index >= 15 is 0 Å². The SMILES string of the molecule is CS(=O)(=O)N(CCNC(=O)c1cscn1)C1CCOCC1. The molecule has 0 spiro atoms. The van der Waals surface area contributed by atoms with E-state index < -0.39 is 10.0 Å². The van der Waals surface area contributed by atoms with Crippen LogP contribution >= 0.6 is 11.3 Å². The molecule has 1 aliphatic heterocycles. The second-order valence-corrected chi connectivity index (χ2v) is 7.50. The molecule has 118 valence electrons. The third-order valence-corrected chi connectivity index (χ3v) is 5.23. The number of thiazole rings is 1. The van der Waals surface area contributed by atoms with Gasteiger partial charge in [0.25, 0.3) is 5.91 Å². The van der Waals surface area contributed by atoms with Crippen molar-refractivity contribution in [1.82, 2.24) is 14.6 Å². The van der Waals surface area contributed by atoms with E-state index in [4.69, 9.17) is 4.74 Å². The predicted molar refractivity (Wildman–Crippen MR) is 79.8 cm³/mol. The molecule has 9 heteroatoms. The maximum atomic E-state index is 11.9. The summed E-state index contributed by atoms with van der Waals surface area (Å²) >= 11 is 1.34. The molecular weight excluding hydrogens is 314 g/mol. The fourth-order valence-corrected chi connectivity index (χ4v) is 3.99. The molecule has 2 rings (SSSR count). The first kappa shape index (κ1) is 16.3. The molecule has 1 aromatic rings. The molecule has 7 nitrogen and oxygen atoms in total. The van der Waals surface area contributed by atoms with Crippen molar-refractivity contribution in [2.45, 2.75) is 18.9 Å². The van der Waals surface area contributed by atoms with Gasteiger partial charge in [-0.2, -0.15) is 4.31 Å². The lowest BCUT2D eigenvalue weighted by Gasteiger charge is -2.32. The topological polar surface area (TPSA) is 88.6 Å². The van der Waals surface area contributed by atoms with Crippen LogP contribution in [0.15, 0.2) is 10.9 Å². The highest BCUT2D eigenvalue weighted by atomic mass is 32.2. The maximum absolute atomic E-state index is 11.9. The number of rotatable bonds is 6. The van der Waals surface area contributed by atoms with Crippen LogP contribution in [0, 0.1) is 0 Å². The van der Waals surface area contributed by atoms with Crippen molar-refractivity contribution in [2.75, 3.05) is 32.6 Å². The Morgan fingerprint density at radius 1 is 1.52 bits per heavy atom. The highest BCUT2D eigenvalue weighted by Crippen LogP contribution is 2.16. The predicted octanol–water partition coefficient (Wildman–Crippen LogP) is 0.313. The van der Waals surface area contributed by atoms with Crippen LogP contribution in [0.1, 0.15) is 23.3 Å². The highest BCUT2D eigenvalue weighted by molar-refractivity contribution is 7.88. The average Bonchev–Trinajstić information content (AvgIpc) is 2.97. The Morgan fingerprint density at radius 2 is 2.24 bits per heavy atom. The molecule has 2 heterocycles. The summed E-state index contributed by atoms with van der Waals surface area (Å²) in [4.78, 5) is 15.7. The molecule has 0 bridgehead atoms. The molecule has 0 radical (unpaired) electrons. The number of amides is 1. The summed E-state index contributed by atoms with van der Waals surface area (Å²) in [5, 5.41) is 4.35. The van der Waals surface area contributed by atoms with Gasteiger partial charge in [0, 0.05) is 37.7 Å². The van der Waals surface area contributed by atoms with Gasteiger partial charge in [0.1, 0.15) is 5.69 Å². The third-order valence-electron chi connectivity index (χ3n) is 3.31. The summed E-state index contributed by atoms with van der Waals surface area (Å²) in [6.45, 7) is 1.67. The van der Waals surface area contributed by atoms with Crippen LogP contribution in [0.25, 0.3) is 0 Å². The molecule has 1 fully saturated rings. The maximum Gasteiger partial charge on any atom is 0.270 e. The molecule has 1 aromatic heterocycles. The first-order valence-electron chi connectivity index (χ1n) is 6.69. The Balaban J connectivity index is 1.89. The Hall–Kier alpha value is -1.03.